The molecule has 0 heterocycles. The Labute approximate surface area is 82.9 Å². The average Bonchev–Trinajstić information content (AvgIpc) is 2.70. The van der Waals surface area contributed by atoms with E-state index < -0.39 is 0 Å². The Kier molecular flexibility index (Phi) is 2.48. The second kappa shape index (κ2) is 3.78. The van der Waals surface area contributed by atoms with Crippen LogP contribution in [0.1, 0.15) is 37.2 Å². The maximum atomic E-state index is 10.8. The molecular formula is C11H13NO2. The van der Waals surface area contributed by atoms with Crippen LogP contribution in [-0.4, -0.2) is 4.92 Å². The Morgan fingerprint density at radius 3 is 2.50 bits per heavy atom. The second-order valence-corrected chi connectivity index (χ2v) is 3.80. The van der Waals surface area contributed by atoms with Gasteiger partial charge in [0.2, 0.25) is 0 Å². The Balaban J connectivity index is 2.35. The number of benzene rings is 1. The standard InChI is InChI=1S/C11H13NO2/c13-12(14)11-8-4-3-7-10(11)9-5-1-2-6-9/h3-4,7-9H,1-2,5-6H2. The van der Waals surface area contributed by atoms with Crippen molar-refractivity contribution in [3.63, 3.8) is 0 Å². The van der Waals surface area contributed by atoms with E-state index in [2.05, 4.69) is 0 Å². The number of hydrogen-bond donors (Lipinski definition) is 0. The summed E-state index contributed by atoms with van der Waals surface area (Å²) in [5, 5.41) is 10.8. The van der Waals surface area contributed by atoms with Gasteiger partial charge in [0.1, 0.15) is 0 Å². The van der Waals surface area contributed by atoms with Crippen LogP contribution in [-0.2, 0) is 0 Å². The monoisotopic (exact) mass is 191 g/mol. The van der Waals surface area contributed by atoms with Crippen molar-refractivity contribution in [1.82, 2.24) is 0 Å². The molecule has 1 aliphatic rings. The van der Waals surface area contributed by atoms with Crippen molar-refractivity contribution in [3.8, 4) is 0 Å². The zero-order chi connectivity index (χ0) is 9.97. The molecule has 2 rings (SSSR count). The lowest BCUT2D eigenvalue weighted by molar-refractivity contribution is -0.385. The predicted molar refractivity (Wildman–Crippen MR) is 54.3 cm³/mol. The fourth-order valence-corrected chi connectivity index (χ4v) is 2.24. The number of nitro benzene ring substituents is 1. The van der Waals surface area contributed by atoms with E-state index in [0.717, 1.165) is 18.4 Å². The van der Waals surface area contributed by atoms with Gasteiger partial charge in [0.05, 0.1) is 4.92 Å². The van der Waals surface area contributed by atoms with Crippen molar-refractivity contribution < 1.29 is 4.92 Å². The molecule has 1 aliphatic carbocycles. The molecule has 0 atom stereocenters. The van der Waals surface area contributed by atoms with Gasteiger partial charge in [-0.25, -0.2) is 0 Å². The van der Waals surface area contributed by atoms with E-state index in [-0.39, 0.29) is 4.92 Å². The van der Waals surface area contributed by atoms with Gasteiger partial charge in [0.15, 0.2) is 0 Å². The van der Waals surface area contributed by atoms with Crippen molar-refractivity contribution in [2.24, 2.45) is 0 Å². The SMILES string of the molecule is O=[N+]([O-])c1ccccc1C1CCCC1. The highest BCUT2D eigenvalue weighted by Gasteiger charge is 2.23. The van der Waals surface area contributed by atoms with E-state index in [4.69, 9.17) is 0 Å². The molecule has 0 aromatic heterocycles. The fraction of sp³-hybridized carbons (Fsp3) is 0.455. The topological polar surface area (TPSA) is 43.1 Å². The van der Waals surface area contributed by atoms with Crippen molar-refractivity contribution in [2.45, 2.75) is 31.6 Å². The molecule has 14 heavy (non-hydrogen) atoms. The summed E-state index contributed by atoms with van der Waals surface area (Å²) < 4.78 is 0. The molecule has 1 aromatic rings. The number of rotatable bonds is 2. The van der Waals surface area contributed by atoms with E-state index in [1.165, 1.54) is 12.8 Å². The summed E-state index contributed by atoms with van der Waals surface area (Å²) in [7, 11) is 0. The van der Waals surface area contributed by atoms with Crippen LogP contribution in [0.5, 0.6) is 0 Å². The minimum absolute atomic E-state index is 0.270. The normalized spacial score (nSPS) is 17.1. The third kappa shape index (κ3) is 1.62. The minimum atomic E-state index is -0.270. The van der Waals surface area contributed by atoms with Crippen molar-refractivity contribution >= 4 is 5.69 Å². The van der Waals surface area contributed by atoms with Gasteiger partial charge in [0, 0.05) is 11.6 Å². The number of nitrogens with zero attached hydrogens (tertiary/aromatic N) is 1. The summed E-state index contributed by atoms with van der Waals surface area (Å²) in [6, 6.07) is 7.12. The van der Waals surface area contributed by atoms with Crippen LogP contribution in [0, 0.1) is 10.1 Å². The molecular weight excluding hydrogens is 178 g/mol. The Morgan fingerprint density at radius 2 is 1.86 bits per heavy atom. The predicted octanol–water partition coefficient (Wildman–Crippen LogP) is 3.25. The fourth-order valence-electron chi connectivity index (χ4n) is 2.24. The third-order valence-corrected chi connectivity index (χ3v) is 2.93. The highest BCUT2D eigenvalue weighted by molar-refractivity contribution is 5.42. The lowest BCUT2D eigenvalue weighted by atomic mass is 9.96. The van der Waals surface area contributed by atoms with Crippen LogP contribution in [0.2, 0.25) is 0 Å². The summed E-state index contributed by atoms with van der Waals surface area (Å²) in [5.74, 6) is 0.414. The first-order chi connectivity index (χ1) is 6.79. The van der Waals surface area contributed by atoms with Gasteiger partial charge >= 0.3 is 0 Å². The molecule has 0 radical (unpaired) electrons. The van der Waals surface area contributed by atoms with E-state index >= 15 is 0 Å². The number of nitro groups is 1. The van der Waals surface area contributed by atoms with Crippen molar-refractivity contribution in [2.75, 3.05) is 0 Å². The lowest BCUT2D eigenvalue weighted by Gasteiger charge is -2.08. The van der Waals surface area contributed by atoms with E-state index in [9.17, 15) is 10.1 Å². The summed E-state index contributed by atoms with van der Waals surface area (Å²) in [5.41, 5.74) is 1.22. The zero-order valence-corrected chi connectivity index (χ0v) is 7.98. The van der Waals surface area contributed by atoms with Gasteiger partial charge in [-0.05, 0) is 18.8 Å². The first-order valence-corrected chi connectivity index (χ1v) is 5.02. The van der Waals surface area contributed by atoms with E-state index in [0.29, 0.717) is 11.6 Å². The number of hydrogen-bond acceptors (Lipinski definition) is 2. The van der Waals surface area contributed by atoms with Crippen LogP contribution >= 0.6 is 0 Å². The van der Waals surface area contributed by atoms with Crippen molar-refractivity contribution in [3.05, 3.63) is 39.9 Å². The van der Waals surface area contributed by atoms with Crippen LogP contribution < -0.4 is 0 Å². The molecule has 3 nitrogen and oxygen atoms in total. The number of para-hydroxylation sites is 1. The highest BCUT2D eigenvalue weighted by Crippen LogP contribution is 2.38. The molecule has 1 aromatic carbocycles. The lowest BCUT2D eigenvalue weighted by Crippen LogP contribution is -1.98. The molecule has 0 spiro atoms. The summed E-state index contributed by atoms with van der Waals surface area (Å²) in [6.45, 7) is 0. The Bertz CT molecular complexity index is 343. The minimum Gasteiger partial charge on any atom is -0.258 e. The summed E-state index contributed by atoms with van der Waals surface area (Å²) in [6.07, 6.45) is 4.61. The maximum absolute atomic E-state index is 10.8. The van der Waals surface area contributed by atoms with E-state index in [1.54, 1.807) is 12.1 Å². The average molecular weight is 191 g/mol. The molecule has 0 saturated heterocycles. The van der Waals surface area contributed by atoms with Crippen LogP contribution in [0.3, 0.4) is 0 Å². The Morgan fingerprint density at radius 1 is 1.21 bits per heavy atom. The molecule has 3 heteroatoms. The summed E-state index contributed by atoms with van der Waals surface area (Å²) in [4.78, 5) is 10.5. The van der Waals surface area contributed by atoms with Crippen LogP contribution in [0.15, 0.2) is 24.3 Å². The molecule has 0 aliphatic heterocycles. The van der Waals surface area contributed by atoms with Gasteiger partial charge < -0.3 is 0 Å². The van der Waals surface area contributed by atoms with Crippen molar-refractivity contribution in [1.29, 1.82) is 0 Å². The molecule has 0 N–H and O–H groups in total. The third-order valence-electron chi connectivity index (χ3n) is 2.93. The van der Waals surface area contributed by atoms with Gasteiger partial charge in [-0.15, -0.1) is 0 Å². The van der Waals surface area contributed by atoms with Gasteiger partial charge in [-0.2, -0.15) is 0 Å². The zero-order valence-electron chi connectivity index (χ0n) is 7.98. The maximum Gasteiger partial charge on any atom is 0.272 e. The highest BCUT2D eigenvalue weighted by atomic mass is 16.6. The van der Waals surface area contributed by atoms with Crippen LogP contribution in [0.25, 0.3) is 0 Å². The molecule has 74 valence electrons. The van der Waals surface area contributed by atoms with E-state index in [1.807, 2.05) is 12.1 Å². The first kappa shape index (κ1) is 9.19. The largest absolute Gasteiger partial charge is 0.272 e. The van der Waals surface area contributed by atoms with Crippen LogP contribution in [0.4, 0.5) is 5.69 Å². The molecule has 0 unspecified atom stereocenters. The smallest absolute Gasteiger partial charge is 0.258 e. The van der Waals surface area contributed by atoms with Gasteiger partial charge in [-0.1, -0.05) is 31.0 Å². The molecule has 1 saturated carbocycles. The summed E-state index contributed by atoms with van der Waals surface area (Å²) >= 11 is 0. The molecule has 0 amide bonds. The van der Waals surface area contributed by atoms with Gasteiger partial charge in [-0.3, -0.25) is 10.1 Å². The first-order valence-electron chi connectivity index (χ1n) is 5.02. The quantitative estimate of drug-likeness (QED) is 0.532. The molecule has 1 fully saturated rings. The molecule has 0 bridgehead atoms. The van der Waals surface area contributed by atoms with Gasteiger partial charge in [0.25, 0.3) is 5.69 Å². The Hall–Kier alpha value is -1.38. The second-order valence-electron chi connectivity index (χ2n) is 3.80.